The van der Waals surface area contributed by atoms with Crippen molar-refractivity contribution in [2.75, 3.05) is 0 Å². The molecule has 6 heteroatoms. The van der Waals surface area contributed by atoms with Crippen LogP contribution in [0.15, 0.2) is 18.2 Å². The molecule has 70 valence electrons. The molecule has 0 radical (unpaired) electrons. The minimum atomic E-state index is -0.557. The molecule has 0 saturated carbocycles. The van der Waals surface area contributed by atoms with Gasteiger partial charge in [0.15, 0.2) is 0 Å². The van der Waals surface area contributed by atoms with Gasteiger partial charge >= 0.3 is 0 Å². The largest absolute Gasteiger partial charge is 0.316 e. The second kappa shape index (κ2) is 4.18. The number of benzene rings is 1. The molecule has 0 saturated heterocycles. The van der Waals surface area contributed by atoms with Crippen LogP contribution in [0.2, 0.25) is 5.02 Å². The number of nitro groups is 1. The summed E-state index contributed by atoms with van der Waals surface area (Å²) in [4.78, 5) is 9.79. The molecular formula is C7H7ClN2O3. The maximum Gasteiger partial charge on any atom is 0.287 e. The monoisotopic (exact) mass is 202 g/mol. The van der Waals surface area contributed by atoms with Crippen molar-refractivity contribution < 1.29 is 10.1 Å². The van der Waals surface area contributed by atoms with E-state index < -0.39 is 4.92 Å². The number of hydroxylamine groups is 1. The van der Waals surface area contributed by atoms with Gasteiger partial charge in [-0.15, -0.1) is 0 Å². The Bertz CT molecular complexity index is 330. The average Bonchev–Trinajstić information content (AvgIpc) is 2.04. The van der Waals surface area contributed by atoms with Crippen LogP contribution in [0.1, 0.15) is 5.56 Å². The Morgan fingerprint density at radius 2 is 2.31 bits per heavy atom. The first kappa shape index (κ1) is 9.91. The third-order valence-electron chi connectivity index (χ3n) is 1.49. The first-order chi connectivity index (χ1) is 6.15. The van der Waals surface area contributed by atoms with E-state index in [2.05, 4.69) is 0 Å². The minimum absolute atomic E-state index is 0.0674. The van der Waals surface area contributed by atoms with E-state index in [4.69, 9.17) is 16.8 Å². The van der Waals surface area contributed by atoms with Crippen molar-refractivity contribution in [2.24, 2.45) is 0 Å². The quantitative estimate of drug-likeness (QED) is 0.578. The number of rotatable bonds is 3. The van der Waals surface area contributed by atoms with Crippen LogP contribution in [0.25, 0.3) is 0 Å². The van der Waals surface area contributed by atoms with Gasteiger partial charge in [-0.1, -0.05) is 17.7 Å². The number of nitro benzene ring substituents is 1. The van der Waals surface area contributed by atoms with E-state index in [1.807, 2.05) is 5.48 Å². The van der Waals surface area contributed by atoms with Crippen molar-refractivity contribution in [1.82, 2.24) is 5.48 Å². The van der Waals surface area contributed by atoms with Gasteiger partial charge in [0.2, 0.25) is 0 Å². The second-order valence-corrected chi connectivity index (χ2v) is 2.78. The molecule has 1 rings (SSSR count). The summed E-state index contributed by atoms with van der Waals surface area (Å²) in [6, 6.07) is 4.26. The standard InChI is InChI=1S/C7H7ClN2O3/c8-6-3-5(4-9-11)1-2-7(6)10(12)13/h1-3,9,11H,4H2. The number of nitrogens with zero attached hydrogens (tertiary/aromatic N) is 1. The van der Waals surface area contributed by atoms with Crippen LogP contribution in [0.5, 0.6) is 0 Å². The summed E-state index contributed by atoms with van der Waals surface area (Å²) in [5.41, 5.74) is 2.47. The molecule has 1 aromatic carbocycles. The summed E-state index contributed by atoms with van der Waals surface area (Å²) in [6.07, 6.45) is 0. The Morgan fingerprint density at radius 3 is 2.77 bits per heavy atom. The number of hydrogen-bond donors (Lipinski definition) is 2. The van der Waals surface area contributed by atoms with E-state index in [9.17, 15) is 10.1 Å². The molecule has 0 fully saturated rings. The van der Waals surface area contributed by atoms with Gasteiger partial charge in [-0.2, -0.15) is 0 Å². The van der Waals surface area contributed by atoms with Gasteiger partial charge in [-0.05, 0) is 11.6 Å². The molecule has 0 aliphatic carbocycles. The summed E-state index contributed by atoms with van der Waals surface area (Å²) in [5, 5.41) is 18.8. The minimum Gasteiger partial charge on any atom is -0.316 e. The van der Waals surface area contributed by atoms with E-state index in [0.29, 0.717) is 5.56 Å². The predicted molar refractivity (Wildman–Crippen MR) is 46.7 cm³/mol. The lowest BCUT2D eigenvalue weighted by molar-refractivity contribution is -0.384. The highest BCUT2D eigenvalue weighted by atomic mass is 35.5. The molecule has 1 aromatic rings. The molecule has 2 N–H and O–H groups in total. The lowest BCUT2D eigenvalue weighted by Crippen LogP contribution is -2.05. The van der Waals surface area contributed by atoms with Gasteiger partial charge in [-0.25, -0.2) is 5.48 Å². The predicted octanol–water partition coefficient (Wildman–Crippen LogP) is 1.73. The van der Waals surface area contributed by atoms with Crippen LogP contribution in [-0.4, -0.2) is 10.1 Å². The van der Waals surface area contributed by atoms with E-state index in [1.54, 1.807) is 0 Å². The highest BCUT2D eigenvalue weighted by Crippen LogP contribution is 2.24. The van der Waals surface area contributed by atoms with E-state index in [1.165, 1.54) is 18.2 Å². The second-order valence-electron chi connectivity index (χ2n) is 2.38. The maximum absolute atomic E-state index is 10.3. The highest BCUT2D eigenvalue weighted by molar-refractivity contribution is 6.32. The fraction of sp³-hybridized carbons (Fsp3) is 0.143. The van der Waals surface area contributed by atoms with Gasteiger partial charge in [0.1, 0.15) is 5.02 Å². The number of halogens is 1. The Balaban J connectivity index is 2.98. The topological polar surface area (TPSA) is 75.4 Å². The number of hydrogen-bond acceptors (Lipinski definition) is 4. The van der Waals surface area contributed by atoms with Gasteiger partial charge < -0.3 is 5.21 Å². The molecule has 0 heterocycles. The molecule has 0 aliphatic rings. The van der Waals surface area contributed by atoms with Crippen LogP contribution in [-0.2, 0) is 6.54 Å². The van der Waals surface area contributed by atoms with Crippen LogP contribution in [0.4, 0.5) is 5.69 Å². The van der Waals surface area contributed by atoms with Crippen molar-refractivity contribution >= 4 is 17.3 Å². The molecule has 0 aliphatic heterocycles. The number of nitrogens with one attached hydrogen (secondary N) is 1. The van der Waals surface area contributed by atoms with Crippen molar-refractivity contribution in [3.05, 3.63) is 38.9 Å². The zero-order valence-corrected chi connectivity index (χ0v) is 7.28. The molecule has 13 heavy (non-hydrogen) atoms. The van der Waals surface area contributed by atoms with Crippen LogP contribution >= 0.6 is 11.6 Å². The first-order valence-electron chi connectivity index (χ1n) is 3.45. The van der Waals surface area contributed by atoms with Crippen LogP contribution < -0.4 is 5.48 Å². The summed E-state index contributed by atoms with van der Waals surface area (Å²) < 4.78 is 0. The Morgan fingerprint density at radius 1 is 1.62 bits per heavy atom. The molecule has 0 atom stereocenters. The molecule has 0 amide bonds. The summed E-state index contributed by atoms with van der Waals surface area (Å²) in [5.74, 6) is 0. The third-order valence-corrected chi connectivity index (χ3v) is 1.79. The Kier molecular flexibility index (Phi) is 3.18. The zero-order valence-electron chi connectivity index (χ0n) is 6.53. The van der Waals surface area contributed by atoms with Gasteiger partial charge in [0.05, 0.1) is 4.92 Å². The van der Waals surface area contributed by atoms with Crippen molar-refractivity contribution in [3.8, 4) is 0 Å². The van der Waals surface area contributed by atoms with Gasteiger partial charge in [0, 0.05) is 12.6 Å². The Hall–Kier alpha value is -1.17. The SMILES string of the molecule is O=[N+]([O-])c1ccc(CNO)cc1Cl. The molecule has 0 spiro atoms. The zero-order chi connectivity index (χ0) is 9.84. The van der Waals surface area contributed by atoms with Crippen molar-refractivity contribution in [1.29, 1.82) is 0 Å². The fourth-order valence-electron chi connectivity index (χ4n) is 0.900. The summed E-state index contributed by atoms with van der Waals surface area (Å²) in [6.45, 7) is 0.206. The van der Waals surface area contributed by atoms with Gasteiger partial charge in [-0.3, -0.25) is 10.1 Å². The van der Waals surface area contributed by atoms with E-state index in [-0.39, 0.29) is 17.3 Å². The molecule has 0 aromatic heterocycles. The van der Waals surface area contributed by atoms with Gasteiger partial charge in [0.25, 0.3) is 5.69 Å². The highest BCUT2D eigenvalue weighted by Gasteiger charge is 2.11. The molecular weight excluding hydrogens is 196 g/mol. The van der Waals surface area contributed by atoms with Crippen LogP contribution in [0.3, 0.4) is 0 Å². The molecule has 5 nitrogen and oxygen atoms in total. The lowest BCUT2D eigenvalue weighted by atomic mass is 10.2. The normalized spacial score (nSPS) is 10.0. The third kappa shape index (κ3) is 2.38. The molecule has 0 unspecified atom stereocenters. The first-order valence-corrected chi connectivity index (χ1v) is 3.82. The molecule has 0 bridgehead atoms. The van der Waals surface area contributed by atoms with E-state index >= 15 is 0 Å². The van der Waals surface area contributed by atoms with Crippen molar-refractivity contribution in [2.45, 2.75) is 6.54 Å². The average molecular weight is 203 g/mol. The van der Waals surface area contributed by atoms with Crippen LogP contribution in [0, 0.1) is 10.1 Å². The smallest absolute Gasteiger partial charge is 0.287 e. The maximum atomic E-state index is 10.3. The summed E-state index contributed by atoms with van der Waals surface area (Å²) >= 11 is 5.61. The van der Waals surface area contributed by atoms with E-state index in [0.717, 1.165) is 0 Å². The lowest BCUT2D eigenvalue weighted by Gasteiger charge is -1.99. The van der Waals surface area contributed by atoms with Crippen molar-refractivity contribution in [3.63, 3.8) is 0 Å². The fourth-order valence-corrected chi connectivity index (χ4v) is 1.17. The Labute approximate surface area is 79.1 Å². The summed E-state index contributed by atoms with van der Waals surface area (Å²) in [7, 11) is 0.